The maximum Gasteiger partial charge on any atom is 0.341 e. The van der Waals surface area contributed by atoms with E-state index in [4.69, 9.17) is 26.2 Å². The third kappa shape index (κ3) is 6.65. The number of pyridine rings is 2. The zero-order chi connectivity index (χ0) is 23.9. The molecule has 0 saturated carbocycles. The van der Waals surface area contributed by atoms with Crippen LogP contribution in [-0.4, -0.2) is 45.6 Å². The molecule has 9 heteroatoms. The van der Waals surface area contributed by atoms with Crippen molar-refractivity contribution >= 4 is 17.6 Å². The number of halogens is 2. The van der Waals surface area contributed by atoms with E-state index in [1.807, 2.05) is 18.2 Å². The number of piperidine rings is 1. The Bertz CT molecular complexity index is 1120. The van der Waals surface area contributed by atoms with Crippen molar-refractivity contribution in [2.45, 2.75) is 31.9 Å². The predicted molar refractivity (Wildman–Crippen MR) is 125 cm³/mol. The summed E-state index contributed by atoms with van der Waals surface area (Å²) in [5.74, 6) is -0.172. The van der Waals surface area contributed by atoms with E-state index in [0.29, 0.717) is 28.1 Å². The van der Waals surface area contributed by atoms with Gasteiger partial charge in [0.1, 0.15) is 18.2 Å². The third-order valence-corrected chi connectivity index (χ3v) is 5.92. The Hall–Kier alpha value is -3.23. The predicted octanol–water partition coefficient (Wildman–Crippen LogP) is 4.69. The molecule has 7 nitrogen and oxygen atoms in total. The molecule has 0 amide bonds. The molecule has 1 aliphatic rings. The van der Waals surface area contributed by atoms with Gasteiger partial charge in [0.2, 0.25) is 5.88 Å². The van der Waals surface area contributed by atoms with Gasteiger partial charge in [-0.1, -0.05) is 23.7 Å². The van der Waals surface area contributed by atoms with Crippen molar-refractivity contribution in [2.24, 2.45) is 0 Å². The number of nitrogens with zero attached hydrogens (tertiary/aromatic N) is 3. The van der Waals surface area contributed by atoms with Crippen LogP contribution < -0.4 is 9.47 Å². The maximum atomic E-state index is 14.0. The van der Waals surface area contributed by atoms with E-state index in [-0.39, 0.29) is 13.2 Å². The van der Waals surface area contributed by atoms with Crippen molar-refractivity contribution in [3.05, 3.63) is 82.5 Å². The van der Waals surface area contributed by atoms with Crippen LogP contribution in [0.1, 0.15) is 35.7 Å². The van der Waals surface area contributed by atoms with Crippen molar-refractivity contribution in [1.82, 2.24) is 14.9 Å². The van der Waals surface area contributed by atoms with Crippen LogP contribution in [0.5, 0.6) is 11.6 Å². The van der Waals surface area contributed by atoms with Gasteiger partial charge < -0.3 is 14.6 Å². The number of carboxylic acid groups (broad SMARTS) is 1. The lowest BCUT2D eigenvalue weighted by Crippen LogP contribution is -2.33. The largest absolute Gasteiger partial charge is 0.480 e. The molecule has 3 aromatic rings. The number of carbonyl (C=O) groups is 1. The number of hydrogen-bond donors (Lipinski definition) is 1. The van der Waals surface area contributed by atoms with Crippen LogP contribution in [0, 0.1) is 5.82 Å². The molecule has 0 atom stereocenters. The van der Waals surface area contributed by atoms with Gasteiger partial charge in [0.15, 0.2) is 6.61 Å². The first kappa shape index (κ1) is 23.9. The Morgan fingerprint density at radius 2 is 1.97 bits per heavy atom. The van der Waals surface area contributed by atoms with Gasteiger partial charge in [-0.2, -0.15) is 0 Å². The third-order valence-electron chi connectivity index (χ3n) is 5.69. The highest BCUT2D eigenvalue weighted by Crippen LogP contribution is 2.29. The molecule has 0 unspecified atom stereocenters. The van der Waals surface area contributed by atoms with E-state index in [2.05, 4.69) is 14.9 Å². The van der Waals surface area contributed by atoms with Crippen molar-refractivity contribution in [2.75, 3.05) is 19.7 Å². The molecule has 2 aromatic heterocycles. The molecule has 1 fully saturated rings. The van der Waals surface area contributed by atoms with Crippen LogP contribution in [0.4, 0.5) is 4.39 Å². The van der Waals surface area contributed by atoms with Crippen LogP contribution in [0.3, 0.4) is 0 Å². The Labute approximate surface area is 202 Å². The number of aromatic nitrogens is 2. The number of rotatable bonds is 9. The zero-order valence-electron chi connectivity index (χ0n) is 18.5. The summed E-state index contributed by atoms with van der Waals surface area (Å²) in [5.41, 5.74) is 2.32. The number of hydrogen-bond acceptors (Lipinski definition) is 6. The molecule has 0 radical (unpaired) electrons. The fraction of sp³-hybridized carbons (Fsp3) is 0.320. The Morgan fingerprint density at radius 3 is 2.68 bits per heavy atom. The monoisotopic (exact) mass is 485 g/mol. The fourth-order valence-corrected chi connectivity index (χ4v) is 4.04. The van der Waals surface area contributed by atoms with Crippen LogP contribution in [0.15, 0.2) is 54.7 Å². The molecule has 4 rings (SSSR count). The summed E-state index contributed by atoms with van der Waals surface area (Å²) in [4.78, 5) is 21.9. The highest BCUT2D eigenvalue weighted by molar-refractivity contribution is 6.30. The highest BCUT2D eigenvalue weighted by Gasteiger charge is 2.22. The topological polar surface area (TPSA) is 84.8 Å². The summed E-state index contributed by atoms with van der Waals surface area (Å²) in [6, 6.07) is 13.8. The van der Waals surface area contributed by atoms with Crippen molar-refractivity contribution < 1.29 is 23.8 Å². The van der Waals surface area contributed by atoms with Gasteiger partial charge in [-0.3, -0.25) is 9.88 Å². The van der Waals surface area contributed by atoms with Crippen LogP contribution in [0.25, 0.3) is 0 Å². The summed E-state index contributed by atoms with van der Waals surface area (Å²) in [6.45, 7) is 2.24. The Balaban J connectivity index is 1.27. The van der Waals surface area contributed by atoms with Gasteiger partial charge in [-0.05, 0) is 56.3 Å². The van der Waals surface area contributed by atoms with E-state index < -0.39 is 11.8 Å². The van der Waals surface area contributed by atoms with Crippen molar-refractivity contribution in [3.8, 4) is 11.6 Å². The second-order valence-electron chi connectivity index (χ2n) is 8.14. The molecule has 1 aliphatic heterocycles. The molecule has 0 bridgehead atoms. The summed E-state index contributed by atoms with van der Waals surface area (Å²) in [7, 11) is 0. The van der Waals surface area contributed by atoms with Crippen molar-refractivity contribution in [3.63, 3.8) is 0 Å². The van der Waals surface area contributed by atoms with Crippen LogP contribution >= 0.6 is 11.6 Å². The lowest BCUT2D eigenvalue weighted by Gasteiger charge is -2.31. The second-order valence-corrected chi connectivity index (χ2v) is 8.58. The molecule has 0 aliphatic carbocycles. The minimum atomic E-state index is -1.02. The fourth-order valence-electron chi connectivity index (χ4n) is 3.88. The number of likely N-dealkylation sites (tertiary alicyclic amines) is 1. The standard InChI is InChI=1S/C25H25ClFN3O4/c26-19-5-4-18(22(27)12-19)15-34-24-3-1-2-23(29-24)17-8-10-30(11-9-17)14-20-6-7-21(13-28-20)33-16-25(31)32/h1-7,12-13,17H,8-11,14-16H2,(H,31,32). The minimum Gasteiger partial charge on any atom is -0.480 e. The summed E-state index contributed by atoms with van der Waals surface area (Å²) in [5, 5.41) is 9.03. The van der Waals surface area contributed by atoms with Crippen LogP contribution in [0.2, 0.25) is 5.02 Å². The summed E-state index contributed by atoms with van der Waals surface area (Å²) < 4.78 is 24.8. The van der Waals surface area contributed by atoms with E-state index >= 15 is 0 Å². The minimum absolute atomic E-state index is 0.0883. The Morgan fingerprint density at radius 1 is 1.15 bits per heavy atom. The first-order valence-electron chi connectivity index (χ1n) is 11.0. The van der Waals surface area contributed by atoms with E-state index in [0.717, 1.165) is 43.9 Å². The smallest absolute Gasteiger partial charge is 0.341 e. The number of benzene rings is 1. The molecule has 1 N–H and O–H groups in total. The molecular formula is C25H25ClFN3O4. The lowest BCUT2D eigenvalue weighted by molar-refractivity contribution is -0.139. The quantitative estimate of drug-likeness (QED) is 0.470. The normalized spacial score (nSPS) is 14.6. The first-order valence-corrected chi connectivity index (χ1v) is 11.4. The van der Waals surface area contributed by atoms with E-state index in [1.54, 1.807) is 30.5 Å². The summed E-state index contributed by atoms with van der Waals surface area (Å²) >= 11 is 5.80. The first-order chi connectivity index (χ1) is 16.5. The molecule has 34 heavy (non-hydrogen) atoms. The number of aliphatic carboxylic acids is 1. The average Bonchev–Trinajstić information content (AvgIpc) is 2.84. The van der Waals surface area contributed by atoms with Gasteiger partial charge in [0, 0.05) is 34.8 Å². The molecule has 1 saturated heterocycles. The van der Waals surface area contributed by atoms with Crippen LogP contribution in [-0.2, 0) is 17.9 Å². The summed E-state index contributed by atoms with van der Waals surface area (Å²) in [6.07, 6.45) is 3.47. The molecule has 0 spiro atoms. The highest BCUT2D eigenvalue weighted by atomic mass is 35.5. The van der Waals surface area contributed by atoms with Gasteiger partial charge in [-0.25, -0.2) is 14.2 Å². The second kappa shape index (κ2) is 11.3. The van der Waals surface area contributed by atoms with Gasteiger partial charge in [0.25, 0.3) is 0 Å². The maximum absolute atomic E-state index is 14.0. The zero-order valence-corrected chi connectivity index (χ0v) is 19.2. The average molecular weight is 486 g/mol. The Kier molecular flexibility index (Phi) is 7.92. The molecule has 3 heterocycles. The molecule has 178 valence electrons. The molecular weight excluding hydrogens is 461 g/mol. The van der Waals surface area contributed by atoms with Crippen molar-refractivity contribution in [1.29, 1.82) is 0 Å². The van der Waals surface area contributed by atoms with Gasteiger partial charge >= 0.3 is 5.97 Å². The van der Waals surface area contributed by atoms with E-state index in [1.165, 1.54) is 6.07 Å². The SMILES string of the molecule is O=C(O)COc1ccc(CN2CCC(c3cccc(OCc4ccc(Cl)cc4F)n3)CC2)nc1. The van der Waals surface area contributed by atoms with Gasteiger partial charge in [-0.15, -0.1) is 0 Å². The van der Waals surface area contributed by atoms with E-state index in [9.17, 15) is 9.18 Å². The lowest BCUT2D eigenvalue weighted by atomic mass is 9.93. The van der Waals surface area contributed by atoms with Gasteiger partial charge in [0.05, 0.1) is 11.9 Å². The number of ether oxygens (including phenoxy) is 2. The number of carboxylic acids is 1. The molecule has 1 aromatic carbocycles.